The van der Waals surface area contributed by atoms with Gasteiger partial charge in [0, 0.05) is 18.7 Å². The molecule has 3 N–H and O–H groups in total. The van der Waals surface area contributed by atoms with E-state index in [1.54, 1.807) is 0 Å². The molecule has 0 unspecified atom stereocenters. The Labute approximate surface area is 205 Å². The van der Waals surface area contributed by atoms with Gasteiger partial charge in [-0.05, 0) is 18.2 Å². The fourth-order valence-corrected chi connectivity index (χ4v) is 3.76. The standard InChI is InChI=1S/C22H20ClF7N4O2/c1-12(20(5-6-36-11-20)34-18(35)8-21(25,26)27)31-10-17-15(23)7-13(9-32-17)33-19-14(22(28,29)30)3-2-4-16(19)24/h2-4,7,9,31,33H,1,5-6,8,10-11H2,(H,34,35)/t20-/m0/s1. The first-order valence-electron chi connectivity index (χ1n) is 10.4. The van der Waals surface area contributed by atoms with Gasteiger partial charge < -0.3 is 20.7 Å². The molecule has 1 saturated heterocycles. The normalized spacial score (nSPS) is 18.1. The van der Waals surface area contributed by atoms with Gasteiger partial charge in [-0.15, -0.1) is 0 Å². The van der Waals surface area contributed by atoms with Gasteiger partial charge in [0.1, 0.15) is 17.8 Å². The number of benzene rings is 1. The molecule has 2 aromatic rings. The molecule has 14 heteroatoms. The van der Waals surface area contributed by atoms with Crippen LogP contribution < -0.4 is 16.0 Å². The van der Waals surface area contributed by atoms with Gasteiger partial charge in [0.15, 0.2) is 0 Å². The van der Waals surface area contributed by atoms with E-state index in [0.29, 0.717) is 0 Å². The van der Waals surface area contributed by atoms with Crippen molar-refractivity contribution in [3.05, 3.63) is 64.8 Å². The van der Waals surface area contributed by atoms with Gasteiger partial charge >= 0.3 is 12.4 Å². The quantitative estimate of drug-likeness (QED) is 0.387. The van der Waals surface area contributed by atoms with Gasteiger partial charge in [-0.3, -0.25) is 9.78 Å². The van der Waals surface area contributed by atoms with Crippen molar-refractivity contribution in [1.29, 1.82) is 0 Å². The van der Waals surface area contributed by atoms with Gasteiger partial charge in [0.25, 0.3) is 0 Å². The minimum absolute atomic E-state index is 0.00280. The highest BCUT2D eigenvalue weighted by molar-refractivity contribution is 6.31. The van der Waals surface area contributed by atoms with Crippen molar-refractivity contribution in [2.24, 2.45) is 0 Å². The van der Waals surface area contributed by atoms with Crippen molar-refractivity contribution in [3.63, 3.8) is 0 Å². The molecule has 1 amide bonds. The number of carbonyl (C=O) groups is 1. The maximum atomic E-state index is 14.1. The summed E-state index contributed by atoms with van der Waals surface area (Å²) in [6.07, 6.45) is -9.84. The zero-order valence-electron chi connectivity index (χ0n) is 18.4. The Balaban J connectivity index is 1.70. The third kappa shape index (κ3) is 6.78. The number of pyridine rings is 1. The number of carbonyl (C=O) groups excluding carboxylic acids is 1. The molecule has 1 aliphatic rings. The molecule has 196 valence electrons. The lowest BCUT2D eigenvalue weighted by atomic mass is 9.94. The second-order valence-corrected chi connectivity index (χ2v) is 8.40. The number of aromatic nitrogens is 1. The number of ether oxygens (including phenoxy) is 1. The van der Waals surface area contributed by atoms with E-state index >= 15 is 0 Å². The van der Waals surface area contributed by atoms with Crippen molar-refractivity contribution < 1.29 is 40.3 Å². The molecular formula is C22H20ClF7N4O2. The zero-order chi connectivity index (χ0) is 26.7. The average Bonchev–Trinajstić information content (AvgIpc) is 3.21. The van der Waals surface area contributed by atoms with Gasteiger partial charge in [-0.1, -0.05) is 24.2 Å². The number of alkyl halides is 6. The predicted octanol–water partition coefficient (Wildman–Crippen LogP) is 5.47. The molecule has 6 nitrogen and oxygen atoms in total. The van der Waals surface area contributed by atoms with E-state index < -0.39 is 47.3 Å². The first kappa shape index (κ1) is 27.5. The molecule has 1 atom stereocenters. The summed E-state index contributed by atoms with van der Waals surface area (Å²) in [6, 6.07) is 3.76. The van der Waals surface area contributed by atoms with Gasteiger partial charge in [0.05, 0.1) is 47.0 Å². The summed E-state index contributed by atoms with van der Waals surface area (Å²) < 4.78 is 96.6. The van der Waals surface area contributed by atoms with Crippen molar-refractivity contribution in [2.45, 2.75) is 37.3 Å². The lowest BCUT2D eigenvalue weighted by Crippen LogP contribution is -2.54. The van der Waals surface area contributed by atoms with E-state index in [4.69, 9.17) is 16.3 Å². The summed E-state index contributed by atoms with van der Waals surface area (Å²) in [5.41, 5.74) is -2.93. The molecule has 1 fully saturated rings. The third-order valence-electron chi connectivity index (χ3n) is 5.31. The van der Waals surface area contributed by atoms with Crippen LogP contribution in [0.1, 0.15) is 24.1 Å². The second-order valence-electron chi connectivity index (χ2n) is 7.99. The number of anilines is 2. The molecule has 0 saturated carbocycles. The molecule has 0 aliphatic carbocycles. The topological polar surface area (TPSA) is 75.3 Å². The molecule has 0 radical (unpaired) electrons. The van der Waals surface area contributed by atoms with Crippen LogP contribution in [0.3, 0.4) is 0 Å². The molecule has 1 aromatic carbocycles. The Kier molecular flexibility index (Phi) is 8.04. The maximum Gasteiger partial charge on any atom is 0.418 e. The fraction of sp³-hybridized carbons (Fsp3) is 0.364. The minimum atomic E-state index is -4.80. The number of para-hydroxylation sites is 1. The Morgan fingerprint density at radius 2 is 1.94 bits per heavy atom. The molecule has 1 aliphatic heterocycles. The van der Waals surface area contributed by atoms with Crippen LogP contribution in [0.15, 0.2) is 42.7 Å². The van der Waals surface area contributed by atoms with Crippen LogP contribution in [-0.4, -0.2) is 35.8 Å². The van der Waals surface area contributed by atoms with Crippen LogP contribution in [0.2, 0.25) is 5.02 Å². The Morgan fingerprint density at radius 3 is 2.53 bits per heavy atom. The molecule has 1 aromatic heterocycles. The summed E-state index contributed by atoms with van der Waals surface area (Å²) in [7, 11) is 0. The van der Waals surface area contributed by atoms with Crippen LogP contribution >= 0.6 is 11.6 Å². The number of nitrogens with zero attached hydrogens (tertiary/aromatic N) is 1. The first-order chi connectivity index (χ1) is 16.7. The number of rotatable bonds is 8. The Bertz CT molecular complexity index is 1130. The highest BCUT2D eigenvalue weighted by atomic mass is 35.5. The average molecular weight is 541 g/mol. The maximum absolute atomic E-state index is 14.1. The second kappa shape index (κ2) is 10.5. The van der Waals surface area contributed by atoms with E-state index in [0.717, 1.165) is 24.4 Å². The number of hydrogen-bond acceptors (Lipinski definition) is 5. The van der Waals surface area contributed by atoms with E-state index in [-0.39, 0.29) is 48.3 Å². The van der Waals surface area contributed by atoms with Crippen LogP contribution in [-0.2, 0) is 22.3 Å². The Morgan fingerprint density at radius 1 is 1.22 bits per heavy atom. The van der Waals surface area contributed by atoms with E-state index in [9.17, 15) is 35.5 Å². The van der Waals surface area contributed by atoms with Crippen LogP contribution in [0.5, 0.6) is 0 Å². The highest BCUT2D eigenvalue weighted by Gasteiger charge is 2.42. The number of amides is 1. The molecule has 36 heavy (non-hydrogen) atoms. The number of halogens is 8. The zero-order valence-corrected chi connectivity index (χ0v) is 19.2. The van der Waals surface area contributed by atoms with Crippen LogP contribution in [0.4, 0.5) is 42.1 Å². The van der Waals surface area contributed by atoms with E-state index in [2.05, 4.69) is 27.5 Å². The van der Waals surface area contributed by atoms with Gasteiger partial charge in [-0.2, -0.15) is 26.3 Å². The first-order valence-corrected chi connectivity index (χ1v) is 10.7. The Hall–Kier alpha value is -3.06. The van der Waals surface area contributed by atoms with E-state index in [1.807, 2.05) is 0 Å². The SMILES string of the molecule is C=C(NCc1ncc(Nc2c(F)cccc2C(F)(F)F)cc1Cl)[C@]1(NC(=O)CC(F)(F)F)CCOC1. The van der Waals surface area contributed by atoms with Crippen molar-refractivity contribution >= 4 is 28.9 Å². The monoisotopic (exact) mass is 540 g/mol. The molecule has 0 bridgehead atoms. The largest absolute Gasteiger partial charge is 0.418 e. The fourth-order valence-electron chi connectivity index (χ4n) is 3.53. The van der Waals surface area contributed by atoms with Gasteiger partial charge in [-0.25, -0.2) is 4.39 Å². The molecule has 2 heterocycles. The summed E-state index contributed by atoms with van der Waals surface area (Å²) >= 11 is 6.19. The summed E-state index contributed by atoms with van der Waals surface area (Å²) in [5.74, 6) is -2.37. The third-order valence-corrected chi connectivity index (χ3v) is 5.64. The summed E-state index contributed by atoms with van der Waals surface area (Å²) in [4.78, 5) is 15.9. The van der Waals surface area contributed by atoms with Crippen molar-refractivity contribution in [3.8, 4) is 0 Å². The summed E-state index contributed by atoms with van der Waals surface area (Å²) in [6.45, 7) is 3.80. The minimum Gasteiger partial charge on any atom is -0.381 e. The van der Waals surface area contributed by atoms with Gasteiger partial charge in [0.2, 0.25) is 5.91 Å². The number of hydrogen-bond donors (Lipinski definition) is 3. The van der Waals surface area contributed by atoms with Crippen molar-refractivity contribution in [2.75, 3.05) is 18.5 Å². The number of nitrogens with one attached hydrogen (secondary N) is 3. The molecule has 3 rings (SSSR count). The van der Waals surface area contributed by atoms with E-state index in [1.165, 1.54) is 6.07 Å². The lowest BCUT2D eigenvalue weighted by Gasteiger charge is -2.32. The van der Waals surface area contributed by atoms with Crippen molar-refractivity contribution in [1.82, 2.24) is 15.6 Å². The predicted molar refractivity (Wildman–Crippen MR) is 117 cm³/mol. The smallest absolute Gasteiger partial charge is 0.381 e. The highest BCUT2D eigenvalue weighted by Crippen LogP contribution is 2.37. The molecular weight excluding hydrogens is 521 g/mol. The lowest BCUT2D eigenvalue weighted by molar-refractivity contribution is -0.154. The van der Waals surface area contributed by atoms with Crippen LogP contribution in [0.25, 0.3) is 0 Å². The summed E-state index contributed by atoms with van der Waals surface area (Å²) in [5, 5.41) is 7.51. The molecule has 0 spiro atoms. The van der Waals surface area contributed by atoms with Crippen LogP contribution in [0, 0.1) is 5.82 Å².